The summed E-state index contributed by atoms with van der Waals surface area (Å²) in [4.78, 5) is 6.96. The molecule has 1 aliphatic rings. The van der Waals surface area contributed by atoms with Crippen molar-refractivity contribution < 1.29 is 5.11 Å². The lowest BCUT2D eigenvalue weighted by atomic mass is 10.1. The van der Waals surface area contributed by atoms with Gasteiger partial charge in [-0.3, -0.25) is 4.98 Å². The molecule has 0 amide bonds. The third-order valence-electron chi connectivity index (χ3n) is 4.96. The number of nitrogens with one attached hydrogen (secondary N) is 1. The minimum absolute atomic E-state index is 0.0646. The average Bonchev–Trinajstić information content (AvgIpc) is 3.32. The molecule has 2 aromatic carbocycles. The molecule has 5 rings (SSSR count). The first kappa shape index (κ1) is 17.6. The summed E-state index contributed by atoms with van der Waals surface area (Å²) in [5.74, 6) is 0.0646. The van der Waals surface area contributed by atoms with Gasteiger partial charge in [-0.2, -0.15) is 5.26 Å². The van der Waals surface area contributed by atoms with Gasteiger partial charge >= 0.3 is 0 Å². The van der Waals surface area contributed by atoms with Crippen molar-refractivity contribution in [1.29, 1.82) is 5.26 Å². The molecule has 30 heavy (non-hydrogen) atoms. The van der Waals surface area contributed by atoms with E-state index in [4.69, 9.17) is 5.26 Å². The first-order valence-corrected chi connectivity index (χ1v) is 9.32. The largest absolute Gasteiger partial charge is 0.494 e. The Bertz CT molecular complexity index is 1510. The zero-order valence-electron chi connectivity index (χ0n) is 15.7. The molecule has 4 aromatic rings. The molecule has 2 aromatic heterocycles. The second-order valence-electron chi connectivity index (χ2n) is 6.88. The maximum atomic E-state index is 10.3. The molecule has 1 aliphatic heterocycles. The van der Waals surface area contributed by atoms with E-state index < -0.39 is 0 Å². The van der Waals surface area contributed by atoms with Gasteiger partial charge in [0.25, 0.3) is 0 Å². The fraction of sp³-hybridized carbons (Fsp3) is 0. The summed E-state index contributed by atoms with van der Waals surface area (Å²) >= 11 is 0. The lowest BCUT2D eigenvalue weighted by molar-refractivity contribution is 0.457. The number of rotatable bonds is 3. The Morgan fingerprint density at radius 3 is 2.67 bits per heavy atom. The zero-order valence-corrected chi connectivity index (χ0v) is 15.7. The lowest BCUT2D eigenvalue weighted by Gasteiger charge is -1.95. The minimum Gasteiger partial charge on any atom is -0.494 e. The minimum atomic E-state index is 0.0646. The van der Waals surface area contributed by atoms with Gasteiger partial charge in [0.05, 0.1) is 23.0 Å². The Labute approximate surface area is 171 Å². The Balaban J connectivity index is 1.57. The van der Waals surface area contributed by atoms with Crippen molar-refractivity contribution >= 4 is 34.4 Å². The number of hydrogen-bond acceptors (Lipinski definition) is 5. The second kappa shape index (κ2) is 7.15. The summed E-state index contributed by atoms with van der Waals surface area (Å²) in [6.07, 6.45) is 9.27. The van der Waals surface area contributed by atoms with E-state index in [0.717, 1.165) is 38.3 Å². The van der Waals surface area contributed by atoms with Crippen LogP contribution in [-0.4, -0.2) is 15.1 Å². The van der Waals surface area contributed by atoms with Gasteiger partial charge < -0.3 is 10.1 Å². The van der Waals surface area contributed by atoms with Gasteiger partial charge in [0.2, 0.25) is 0 Å². The molecule has 0 fully saturated rings. The number of aromatic amines is 1. The Morgan fingerprint density at radius 1 is 0.967 bits per heavy atom. The number of hydrogen-bond donors (Lipinski definition) is 2. The van der Waals surface area contributed by atoms with E-state index in [-0.39, 0.29) is 5.88 Å². The fourth-order valence-electron chi connectivity index (χ4n) is 3.45. The van der Waals surface area contributed by atoms with Gasteiger partial charge in [0.1, 0.15) is 0 Å². The van der Waals surface area contributed by atoms with Crippen LogP contribution in [0.15, 0.2) is 77.2 Å². The third kappa shape index (κ3) is 3.15. The summed E-state index contributed by atoms with van der Waals surface area (Å²) in [5, 5.41) is 30.7. The highest BCUT2D eigenvalue weighted by Crippen LogP contribution is 2.28. The average molecular weight is 389 g/mol. The molecule has 2 N–H and O–H groups in total. The van der Waals surface area contributed by atoms with Crippen LogP contribution in [0.25, 0.3) is 28.8 Å². The van der Waals surface area contributed by atoms with Gasteiger partial charge in [-0.15, -0.1) is 10.2 Å². The van der Waals surface area contributed by atoms with Crippen molar-refractivity contribution in [1.82, 2.24) is 9.97 Å². The summed E-state index contributed by atoms with van der Waals surface area (Å²) in [6.45, 7) is 0. The number of fused-ring (bicyclic) bond motifs is 2. The molecule has 0 radical (unpaired) electrons. The molecule has 0 unspecified atom stereocenters. The van der Waals surface area contributed by atoms with Crippen LogP contribution in [0.3, 0.4) is 0 Å². The number of aromatic nitrogens is 2. The lowest BCUT2D eigenvalue weighted by Crippen LogP contribution is -2.08. The highest BCUT2D eigenvalue weighted by Gasteiger charge is 2.10. The molecule has 6 nitrogen and oxygen atoms in total. The molecule has 142 valence electrons. The van der Waals surface area contributed by atoms with Crippen LogP contribution >= 0.6 is 0 Å². The molecule has 0 saturated carbocycles. The third-order valence-corrected chi connectivity index (χ3v) is 4.96. The van der Waals surface area contributed by atoms with Crippen molar-refractivity contribution in [3.63, 3.8) is 0 Å². The predicted molar refractivity (Wildman–Crippen MR) is 115 cm³/mol. The van der Waals surface area contributed by atoms with Gasteiger partial charge in [0, 0.05) is 34.1 Å². The van der Waals surface area contributed by atoms with Gasteiger partial charge in [-0.25, -0.2) is 0 Å². The molecular weight excluding hydrogens is 374 g/mol. The molecule has 0 atom stereocenters. The van der Waals surface area contributed by atoms with Gasteiger partial charge in [-0.05, 0) is 65.4 Å². The monoisotopic (exact) mass is 389 g/mol. The van der Waals surface area contributed by atoms with Crippen LogP contribution in [-0.2, 0) is 0 Å². The van der Waals surface area contributed by atoms with E-state index in [1.807, 2.05) is 48.6 Å². The number of azo groups is 1. The first-order chi connectivity index (χ1) is 14.7. The Kier molecular flexibility index (Phi) is 4.19. The quantitative estimate of drug-likeness (QED) is 0.556. The maximum Gasteiger partial charge on any atom is 0.196 e. The number of pyridine rings is 1. The molecule has 0 bridgehead atoms. The van der Waals surface area contributed by atoms with E-state index in [1.54, 1.807) is 30.6 Å². The Hall–Kier alpha value is -4.50. The second-order valence-corrected chi connectivity index (χ2v) is 6.88. The number of nitrogens with zero attached hydrogens (tertiary/aromatic N) is 4. The molecule has 6 heteroatoms. The van der Waals surface area contributed by atoms with Crippen LogP contribution in [0.1, 0.15) is 16.7 Å². The summed E-state index contributed by atoms with van der Waals surface area (Å²) in [6, 6.07) is 17.1. The molecular formula is C24H15N5O. The zero-order chi connectivity index (χ0) is 20.5. The summed E-state index contributed by atoms with van der Waals surface area (Å²) < 4.78 is 0. The standard InChI is InChI=1S/C24H15N5O/c25-14-17-3-5-21-19(12-17)20(24(30)27-21)11-16-1-4-18-22(28-29-23(18)13-16)6-2-15-7-9-26-10-8-15/h1-13,27,30H. The Morgan fingerprint density at radius 2 is 1.83 bits per heavy atom. The normalized spacial score (nSPS) is 13.3. The van der Waals surface area contributed by atoms with Gasteiger partial charge in [-0.1, -0.05) is 12.1 Å². The van der Waals surface area contributed by atoms with Crippen LogP contribution in [0.5, 0.6) is 5.88 Å². The number of H-pyrrole nitrogens is 1. The van der Waals surface area contributed by atoms with Crippen LogP contribution in [0, 0.1) is 11.3 Å². The molecule has 0 saturated heterocycles. The van der Waals surface area contributed by atoms with E-state index >= 15 is 0 Å². The van der Waals surface area contributed by atoms with Crippen molar-refractivity contribution in [3.05, 3.63) is 94.1 Å². The number of nitriles is 1. The van der Waals surface area contributed by atoms with Crippen LogP contribution < -0.4 is 10.4 Å². The molecule has 0 aliphatic carbocycles. The van der Waals surface area contributed by atoms with E-state index in [9.17, 15) is 5.11 Å². The van der Waals surface area contributed by atoms with E-state index in [2.05, 4.69) is 26.3 Å². The SMILES string of the molecule is N#Cc1ccc2[nH]c(O)c(C=c3ccc4c(c3)N=NC=4C=Cc3ccncc3)c2c1. The van der Waals surface area contributed by atoms with E-state index in [1.165, 1.54) is 0 Å². The number of benzene rings is 2. The van der Waals surface area contributed by atoms with Gasteiger partial charge in [0.15, 0.2) is 5.88 Å². The van der Waals surface area contributed by atoms with Crippen molar-refractivity contribution in [3.8, 4) is 11.9 Å². The highest BCUT2D eigenvalue weighted by molar-refractivity contribution is 5.92. The highest BCUT2D eigenvalue weighted by atomic mass is 16.3. The number of aromatic hydroxyl groups is 1. The molecule has 3 heterocycles. The van der Waals surface area contributed by atoms with Crippen molar-refractivity contribution in [2.45, 2.75) is 0 Å². The summed E-state index contributed by atoms with van der Waals surface area (Å²) in [7, 11) is 0. The maximum absolute atomic E-state index is 10.3. The summed E-state index contributed by atoms with van der Waals surface area (Å²) in [5.41, 5.74) is 4.56. The van der Waals surface area contributed by atoms with Crippen molar-refractivity contribution in [2.24, 2.45) is 10.2 Å². The van der Waals surface area contributed by atoms with Crippen LogP contribution in [0.2, 0.25) is 0 Å². The first-order valence-electron chi connectivity index (χ1n) is 9.32. The topological polar surface area (TPSA) is 97.4 Å². The van der Waals surface area contributed by atoms with E-state index in [0.29, 0.717) is 11.1 Å². The smallest absolute Gasteiger partial charge is 0.196 e. The van der Waals surface area contributed by atoms with Crippen molar-refractivity contribution in [2.75, 3.05) is 0 Å². The molecule has 0 spiro atoms. The van der Waals surface area contributed by atoms with Crippen LogP contribution in [0.4, 0.5) is 5.69 Å². The predicted octanol–water partition coefficient (Wildman–Crippen LogP) is 3.89. The fourth-order valence-corrected chi connectivity index (χ4v) is 3.45.